The molecule has 196 valence electrons. The normalized spacial score (nSPS) is 24.4. The van der Waals surface area contributed by atoms with Crippen LogP contribution in [-0.2, 0) is 23.1 Å². The van der Waals surface area contributed by atoms with Crippen molar-refractivity contribution < 1.29 is 33.3 Å². The summed E-state index contributed by atoms with van der Waals surface area (Å²) in [4.78, 5) is 8.57. The van der Waals surface area contributed by atoms with Crippen molar-refractivity contribution in [2.45, 2.75) is 76.3 Å². The monoisotopic (exact) mass is 534 g/mol. The van der Waals surface area contributed by atoms with Gasteiger partial charge in [0.15, 0.2) is 29.1 Å². The summed E-state index contributed by atoms with van der Waals surface area (Å²) in [5, 5.41) is 32.2. The van der Waals surface area contributed by atoms with Gasteiger partial charge in [-0.2, -0.15) is 14.6 Å². The van der Waals surface area contributed by atoms with Crippen LogP contribution in [0.4, 0.5) is 5.82 Å². The molecule has 1 aliphatic heterocycles. The fourth-order valence-electron chi connectivity index (χ4n) is 4.39. The SMILES string of the molecule is CCOP(=O)(OCC)C(CO)OC[C@H]1O[C@@H](n2nnc3c(NC4CCCC4)nc(Cl)nc32)C[C@@H]1O. The molecular weight excluding hydrogens is 503 g/mol. The molecule has 15 heteroatoms. The van der Waals surface area contributed by atoms with Crippen LogP contribution >= 0.6 is 19.2 Å². The highest BCUT2D eigenvalue weighted by molar-refractivity contribution is 7.54. The second-order valence-corrected chi connectivity index (χ2v) is 11.0. The molecule has 3 heterocycles. The Morgan fingerprint density at radius 3 is 2.63 bits per heavy atom. The molecule has 0 radical (unpaired) electrons. The Kier molecular flexibility index (Phi) is 8.93. The van der Waals surface area contributed by atoms with E-state index in [1.807, 2.05) is 0 Å². The van der Waals surface area contributed by atoms with Gasteiger partial charge in [0.25, 0.3) is 0 Å². The van der Waals surface area contributed by atoms with Gasteiger partial charge in [-0.1, -0.05) is 18.1 Å². The molecule has 1 saturated heterocycles. The van der Waals surface area contributed by atoms with Gasteiger partial charge in [0.05, 0.1) is 32.5 Å². The predicted molar refractivity (Wildman–Crippen MR) is 126 cm³/mol. The minimum absolute atomic E-state index is 0.0494. The molecule has 2 fully saturated rings. The first-order valence-corrected chi connectivity index (χ1v) is 13.9. The first-order chi connectivity index (χ1) is 16.9. The van der Waals surface area contributed by atoms with Crippen molar-refractivity contribution >= 4 is 36.2 Å². The molecule has 1 aliphatic carbocycles. The number of ether oxygens (including phenoxy) is 2. The van der Waals surface area contributed by atoms with E-state index in [-0.39, 0.29) is 31.5 Å². The van der Waals surface area contributed by atoms with E-state index < -0.39 is 38.5 Å². The number of nitrogens with one attached hydrogen (secondary N) is 1. The Hall–Kier alpha value is -1.44. The molecule has 2 aromatic rings. The van der Waals surface area contributed by atoms with Crippen molar-refractivity contribution in [3.05, 3.63) is 5.28 Å². The molecule has 0 spiro atoms. The van der Waals surface area contributed by atoms with Crippen LogP contribution in [0.25, 0.3) is 11.2 Å². The van der Waals surface area contributed by atoms with E-state index in [0.717, 1.165) is 25.7 Å². The summed E-state index contributed by atoms with van der Waals surface area (Å²) in [6.45, 7) is 2.86. The molecule has 4 atom stereocenters. The van der Waals surface area contributed by atoms with Gasteiger partial charge >= 0.3 is 7.60 Å². The van der Waals surface area contributed by atoms with Crippen LogP contribution in [0.1, 0.15) is 52.2 Å². The Bertz CT molecular complexity index is 1030. The van der Waals surface area contributed by atoms with Gasteiger partial charge in [0.1, 0.15) is 6.10 Å². The van der Waals surface area contributed by atoms with Gasteiger partial charge in [-0.05, 0) is 38.3 Å². The molecule has 1 saturated carbocycles. The highest BCUT2D eigenvalue weighted by Crippen LogP contribution is 2.53. The van der Waals surface area contributed by atoms with E-state index in [2.05, 4.69) is 25.6 Å². The maximum atomic E-state index is 12.9. The number of halogens is 1. The summed E-state index contributed by atoms with van der Waals surface area (Å²) in [5.41, 5.74) is 0.850. The van der Waals surface area contributed by atoms with Crippen LogP contribution in [0.3, 0.4) is 0 Å². The third-order valence-corrected chi connectivity index (χ3v) is 8.47. The van der Waals surface area contributed by atoms with Crippen molar-refractivity contribution in [1.29, 1.82) is 0 Å². The number of fused-ring (bicyclic) bond motifs is 1. The lowest BCUT2D eigenvalue weighted by molar-refractivity contribution is -0.0792. The standard InChI is InChI=1S/C20H32ClN6O7P/c1-3-32-35(30,33-4-2)16(10-28)31-11-14-13(29)9-15(34-14)27-19-17(25-26-27)18(23-20(21)24-19)22-12-7-5-6-8-12/h12-16,28-29H,3-11H2,1-2H3,(H,22,23,24)/t13-,14+,15+,16?/m0/s1. The largest absolute Gasteiger partial charge is 0.393 e. The Morgan fingerprint density at radius 2 is 1.97 bits per heavy atom. The number of nitrogens with zero attached hydrogens (tertiary/aromatic N) is 5. The fourth-order valence-corrected chi connectivity index (χ4v) is 6.15. The topological polar surface area (TPSA) is 163 Å². The maximum Gasteiger partial charge on any atom is 0.361 e. The molecule has 2 aromatic heterocycles. The molecule has 4 rings (SSSR count). The summed E-state index contributed by atoms with van der Waals surface area (Å²) in [7, 11) is -3.70. The first kappa shape index (κ1) is 26.6. The summed E-state index contributed by atoms with van der Waals surface area (Å²) < 4.78 is 36.5. The lowest BCUT2D eigenvalue weighted by atomic mass is 10.2. The lowest BCUT2D eigenvalue weighted by Gasteiger charge is -2.26. The zero-order chi connectivity index (χ0) is 25.0. The highest BCUT2D eigenvalue weighted by Gasteiger charge is 2.41. The van der Waals surface area contributed by atoms with Crippen LogP contribution in [0.2, 0.25) is 5.28 Å². The molecule has 3 N–H and O–H groups in total. The summed E-state index contributed by atoms with van der Waals surface area (Å²) in [5.74, 6) is -0.690. The molecule has 2 aliphatic rings. The van der Waals surface area contributed by atoms with Gasteiger partial charge in [-0.25, -0.2) is 0 Å². The summed E-state index contributed by atoms with van der Waals surface area (Å²) in [6.07, 6.45) is 2.22. The van der Waals surface area contributed by atoms with Gasteiger partial charge in [-0.15, -0.1) is 5.10 Å². The molecule has 35 heavy (non-hydrogen) atoms. The summed E-state index contributed by atoms with van der Waals surface area (Å²) in [6, 6.07) is 0.296. The van der Waals surface area contributed by atoms with Crippen LogP contribution in [-0.4, -0.2) is 85.7 Å². The number of hydrogen-bond donors (Lipinski definition) is 3. The van der Waals surface area contributed by atoms with Crippen LogP contribution in [0, 0.1) is 0 Å². The van der Waals surface area contributed by atoms with Crippen LogP contribution in [0.5, 0.6) is 0 Å². The second kappa shape index (κ2) is 11.7. The molecule has 13 nitrogen and oxygen atoms in total. The number of aromatic nitrogens is 5. The molecule has 1 unspecified atom stereocenters. The van der Waals surface area contributed by atoms with Crippen molar-refractivity contribution in [2.24, 2.45) is 0 Å². The molecular formula is C20H32ClN6O7P. The van der Waals surface area contributed by atoms with E-state index in [9.17, 15) is 14.8 Å². The van der Waals surface area contributed by atoms with Crippen LogP contribution < -0.4 is 5.32 Å². The molecule has 0 bridgehead atoms. The summed E-state index contributed by atoms with van der Waals surface area (Å²) >= 11 is 6.18. The number of aliphatic hydroxyl groups is 2. The van der Waals surface area contributed by atoms with Gasteiger partial charge < -0.3 is 34.1 Å². The molecule has 0 aromatic carbocycles. The number of anilines is 1. The number of aliphatic hydroxyl groups excluding tert-OH is 2. The third-order valence-electron chi connectivity index (χ3n) is 6.05. The first-order valence-electron chi connectivity index (χ1n) is 11.9. The Labute approximate surface area is 208 Å². The van der Waals surface area contributed by atoms with E-state index >= 15 is 0 Å². The zero-order valence-electron chi connectivity index (χ0n) is 19.7. The van der Waals surface area contributed by atoms with Gasteiger partial charge in [0, 0.05) is 12.5 Å². The maximum absolute atomic E-state index is 12.9. The lowest BCUT2D eigenvalue weighted by Crippen LogP contribution is -2.31. The minimum atomic E-state index is -3.70. The van der Waals surface area contributed by atoms with E-state index in [1.165, 1.54) is 4.68 Å². The average Bonchev–Trinajstić information content (AvgIpc) is 3.55. The molecule has 0 amide bonds. The van der Waals surface area contributed by atoms with Crippen LogP contribution in [0.15, 0.2) is 0 Å². The smallest absolute Gasteiger partial charge is 0.361 e. The second-order valence-electron chi connectivity index (χ2n) is 8.45. The van der Waals surface area contributed by atoms with E-state index in [1.54, 1.807) is 13.8 Å². The average molecular weight is 535 g/mol. The van der Waals surface area contributed by atoms with Crippen molar-refractivity contribution in [3.63, 3.8) is 0 Å². The minimum Gasteiger partial charge on any atom is -0.393 e. The fraction of sp³-hybridized carbons (Fsp3) is 0.800. The Morgan fingerprint density at radius 1 is 1.26 bits per heavy atom. The van der Waals surface area contributed by atoms with E-state index in [0.29, 0.717) is 23.0 Å². The quantitative estimate of drug-likeness (QED) is 0.269. The number of hydrogen-bond acceptors (Lipinski definition) is 12. The van der Waals surface area contributed by atoms with Gasteiger partial charge in [-0.3, -0.25) is 4.57 Å². The van der Waals surface area contributed by atoms with Gasteiger partial charge in [0.2, 0.25) is 5.28 Å². The van der Waals surface area contributed by atoms with Crippen molar-refractivity contribution in [1.82, 2.24) is 25.0 Å². The van der Waals surface area contributed by atoms with Crippen molar-refractivity contribution in [2.75, 3.05) is 31.7 Å². The predicted octanol–water partition coefficient (Wildman–Crippen LogP) is 2.48. The number of rotatable bonds is 12. The van der Waals surface area contributed by atoms with Crippen molar-refractivity contribution in [3.8, 4) is 0 Å². The van der Waals surface area contributed by atoms with E-state index in [4.69, 9.17) is 30.1 Å². The third kappa shape index (κ3) is 5.94. The Balaban J connectivity index is 1.46. The highest BCUT2D eigenvalue weighted by atomic mass is 35.5. The zero-order valence-corrected chi connectivity index (χ0v) is 21.4.